The molecule has 4 nitrogen and oxygen atoms in total. The van der Waals surface area contributed by atoms with Crippen LogP contribution >= 0.6 is 23.4 Å². The first-order valence-electron chi connectivity index (χ1n) is 5.96. The minimum atomic E-state index is -0.439. The molecule has 0 aliphatic rings. The normalized spacial score (nSPS) is 10.6. The van der Waals surface area contributed by atoms with Crippen molar-refractivity contribution in [3.05, 3.63) is 56.6 Å². The Bertz CT molecular complexity index is 695. The van der Waals surface area contributed by atoms with Crippen molar-refractivity contribution < 1.29 is 4.79 Å². The highest BCUT2D eigenvalue weighted by Gasteiger charge is 2.14. The maximum absolute atomic E-state index is 11.7. The van der Waals surface area contributed by atoms with Crippen molar-refractivity contribution in [2.45, 2.75) is 24.6 Å². The van der Waals surface area contributed by atoms with Crippen LogP contribution < -0.4 is 5.69 Å². The molecule has 1 aromatic carbocycles. The second kappa shape index (κ2) is 6.24. The Balaban J connectivity index is 2.27. The van der Waals surface area contributed by atoms with Crippen LogP contribution in [0.4, 0.5) is 0 Å². The summed E-state index contributed by atoms with van der Waals surface area (Å²) >= 11 is 7.20. The van der Waals surface area contributed by atoms with Gasteiger partial charge in [-0.1, -0.05) is 23.7 Å². The van der Waals surface area contributed by atoms with E-state index in [1.54, 1.807) is 19.1 Å². The lowest BCUT2D eigenvalue weighted by Crippen LogP contribution is -2.17. The summed E-state index contributed by atoms with van der Waals surface area (Å²) in [6.07, 6.45) is 0. The van der Waals surface area contributed by atoms with Crippen LogP contribution in [0.2, 0.25) is 5.02 Å². The number of aromatic nitrogens is 2. The maximum atomic E-state index is 11.7. The molecule has 2 rings (SSSR count). The molecular weight excluding hydrogens is 296 g/mol. The third kappa shape index (κ3) is 3.49. The van der Waals surface area contributed by atoms with Crippen LogP contribution in [0, 0.1) is 6.92 Å². The van der Waals surface area contributed by atoms with Crippen molar-refractivity contribution >= 4 is 29.1 Å². The number of carbonyl (C=O) groups is 1. The number of rotatable bonds is 4. The van der Waals surface area contributed by atoms with E-state index in [1.165, 1.54) is 18.7 Å². The number of thioether (sulfide) groups is 1. The van der Waals surface area contributed by atoms with Crippen LogP contribution in [-0.2, 0) is 5.75 Å². The van der Waals surface area contributed by atoms with E-state index in [0.29, 0.717) is 27.1 Å². The molecule has 0 amide bonds. The van der Waals surface area contributed by atoms with Crippen LogP contribution in [0.25, 0.3) is 0 Å². The predicted molar refractivity (Wildman–Crippen MR) is 80.6 cm³/mol. The molecule has 2 aromatic rings. The molecule has 0 atom stereocenters. The summed E-state index contributed by atoms with van der Waals surface area (Å²) in [5.74, 6) is 0.512. The van der Waals surface area contributed by atoms with Crippen molar-refractivity contribution in [1.29, 1.82) is 0 Å². The molecule has 6 heteroatoms. The molecule has 1 heterocycles. The van der Waals surface area contributed by atoms with E-state index in [1.807, 2.05) is 12.1 Å². The van der Waals surface area contributed by atoms with Crippen LogP contribution in [0.5, 0.6) is 0 Å². The summed E-state index contributed by atoms with van der Waals surface area (Å²) in [5, 5.41) is 1.14. The SMILES string of the molecule is CC(=O)c1c(SCc2ccc(Cl)cc2)nc(=O)[nH]c1C. The molecule has 1 aromatic heterocycles. The van der Waals surface area contributed by atoms with E-state index in [0.717, 1.165) is 5.56 Å². The number of nitrogens with one attached hydrogen (secondary N) is 1. The van der Waals surface area contributed by atoms with Crippen LogP contribution in [0.15, 0.2) is 34.1 Å². The Labute approximate surface area is 125 Å². The van der Waals surface area contributed by atoms with Crippen molar-refractivity contribution in [2.75, 3.05) is 0 Å². The molecule has 0 unspecified atom stereocenters. The fourth-order valence-electron chi connectivity index (χ4n) is 1.81. The molecule has 1 N–H and O–H groups in total. The monoisotopic (exact) mass is 308 g/mol. The molecule has 0 bridgehead atoms. The standard InChI is InChI=1S/C14H13ClN2O2S/c1-8-12(9(2)18)13(17-14(19)16-8)20-7-10-3-5-11(15)6-4-10/h3-6H,7H2,1-2H3,(H,16,17,19). The molecule has 0 spiro atoms. The fourth-order valence-corrected chi connectivity index (χ4v) is 3.02. The molecule has 0 fully saturated rings. The minimum absolute atomic E-state index is 0.107. The summed E-state index contributed by atoms with van der Waals surface area (Å²) in [6, 6.07) is 7.42. The first-order valence-corrected chi connectivity index (χ1v) is 7.33. The second-order valence-electron chi connectivity index (χ2n) is 4.32. The number of nitrogens with zero attached hydrogens (tertiary/aromatic N) is 1. The van der Waals surface area contributed by atoms with Crippen molar-refractivity contribution in [1.82, 2.24) is 9.97 Å². The van der Waals surface area contributed by atoms with Gasteiger partial charge in [-0.25, -0.2) is 4.79 Å². The molecule has 0 saturated heterocycles. The highest BCUT2D eigenvalue weighted by Crippen LogP contribution is 2.25. The van der Waals surface area contributed by atoms with Crippen LogP contribution in [-0.4, -0.2) is 15.8 Å². The van der Waals surface area contributed by atoms with E-state index < -0.39 is 5.69 Å². The van der Waals surface area contributed by atoms with Gasteiger partial charge in [0, 0.05) is 16.5 Å². The molecule has 20 heavy (non-hydrogen) atoms. The number of hydrogen-bond acceptors (Lipinski definition) is 4. The van der Waals surface area contributed by atoms with Gasteiger partial charge in [-0.2, -0.15) is 4.98 Å². The Morgan fingerprint density at radius 2 is 2.00 bits per heavy atom. The topological polar surface area (TPSA) is 62.8 Å². The summed E-state index contributed by atoms with van der Waals surface area (Å²) in [5.41, 5.74) is 1.64. The van der Waals surface area contributed by atoms with Gasteiger partial charge in [-0.3, -0.25) is 4.79 Å². The molecule has 0 radical (unpaired) electrons. The number of carbonyl (C=O) groups excluding carboxylic acids is 1. The number of aromatic amines is 1. The summed E-state index contributed by atoms with van der Waals surface area (Å²) in [4.78, 5) is 29.5. The zero-order valence-corrected chi connectivity index (χ0v) is 12.6. The Hall–Kier alpha value is -1.59. The quantitative estimate of drug-likeness (QED) is 0.535. The summed E-state index contributed by atoms with van der Waals surface area (Å²) in [7, 11) is 0. The van der Waals surface area contributed by atoms with Crippen molar-refractivity contribution in [3.8, 4) is 0 Å². The maximum Gasteiger partial charge on any atom is 0.346 e. The van der Waals surface area contributed by atoms with Gasteiger partial charge in [0.25, 0.3) is 0 Å². The van der Waals surface area contributed by atoms with E-state index in [9.17, 15) is 9.59 Å². The van der Waals surface area contributed by atoms with Crippen LogP contribution in [0.3, 0.4) is 0 Å². The van der Waals surface area contributed by atoms with Gasteiger partial charge in [-0.05, 0) is 31.5 Å². The smallest absolute Gasteiger partial charge is 0.309 e. The number of halogens is 1. The van der Waals surface area contributed by atoms with Gasteiger partial charge in [0.05, 0.1) is 5.56 Å². The first-order chi connectivity index (χ1) is 9.47. The van der Waals surface area contributed by atoms with Crippen molar-refractivity contribution in [3.63, 3.8) is 0 Å². The molecule has 0 aliphatic heterocycles. The van der Waals surface area contributed by atoms with E-state index in [-0.39, 0.29) is 5.78 Å². The van der Waals surface area contributed by atoms with Crippen LogP contribution in [0.1, 0.15) is 28.5 Å². The number of aryl methyl sites for hydroxylation is 1. The second-order valence-corrected chi connectivity index (χ2v) is 5.72. The minimum Gasteiger partial charge on any atom is -0.309 e. The molecule has 104 valence electrons. The lowest BCUT2D eigenvalue weighted by Gasteiger charge is -2.08. The number of hydrogen-bond donors (Lipinski definition) is 1. The zero-order valence-electron chi connectivity index (χ0n) is 11.1. The average molecular weight is 309 g/mol. The van der Waals surface area contributed by atoms with Gasteiger partial charge in [0.1, 0.15) is 5.03 Å². The van der Waals surface area contributed by atoms with E-state index in [2.05, 4.69) is 9.97 Å². The van der Waals surface area contributed by atoms with E-state index in [4.69, 9.17) is 11.6 Å². The van der Waals surface area contributed by atoms with Gasteiger partial charge in [0.2, 0.25) is 0 Å². The third-order valence-electron chi connectivity index (χ3n) is 2.73. The fraction of sp³-hybridized carbons (Fsp3) is 0.214. The Morgan fingerprint density at radius 3 is 2.60 bits per heavy atom. The van der Waals surface area contributed by atoms with E-state index >= 15 is 0 Å². The summed E-state index contributed by atoms with van der Waals surface area (Å²) in [6.45, 7) is 3.17. The molecular formula is C14H13ClN2O2S. The first kappa shape index (κ1) is 14.8. The molecule has 0 aliphatic carbocycles. The van der Waals surface area contributed by atoms with Gasteiger partial charge >= 0.3 is 5.69 Å². The number of H-pyrrole nitrogens is 1. The highest BCUT2D eigenvalue weighted by atomic mass is 35.5. The number of ketones is 1. The molecule has 0 saturated carbocycles. The Kier molecular flexibility index (Phi) is 4.62. The van der Waals surface area contributed by atoms with Gasteiger partial charge < -0.3 is 4.98 Å². The highest BCUT2D eigenvalue weighted by molar-refractivity contribution is 7.98. The van der Waals surface area contributed by atoms with Gasteiger partial charge in [0.15, 0.2) is 5.78 Å². The third-order valence-corrected chi connectivity index (χ3v) is 4.03. The van der Waals surface area contributed by atoms with Crippen molar-refractivity contribution in [2.24, 2.45) is 0 Å². The lowest BCUT2D eigenvalue weighted by atomic mass is 10.2. The van der Waals surface area contributed by atoms with Gasteiger partial charge in [-0.15, -0.1) is 11.8 Å². The number of Topliss-reactive ketones (excluding diaryl/α,β-unsaturated/α-hetero) is 1. The zero-order chi connectivity index (χ0) is 14.7. The number of benzene rings is 1. The predicted octanol–water partition coefficient (Wildman–Crippen LogP) is 3.23. The lowest BCUT2D eigenvalue weighted by molar-refractivity contribution is 0.101. The Morgan fingerprint density at radius 1 is 1.35 bits per heavy atom. The summed E-state index contributed by atoms with van der Waals surface area (Å²) < 4.78 is 0. The average Bonchev–Trinajstić information content (AvgIpc) is 2.36. The largest absolute Gasteiger partial charge is 0.346 e.